The summed E-state index contributed by atoms with van der Waals surface area (Å²) in [5.41, 5.74) is 5.83. The molecule has 0 spiro atoms. The highest BCUT2D eigenvalue weighted by Crippen LogP contribution is 2.23. The van der Waals surface area contributed by atoms with E-state index in [1.807, 2.05) is 0 Å². The largest absolute Gasteiger partial charge is 0.497 e. The number of benzene rings is 1. The molecule has 6 heteroatoms. The van der Waals surface area contributed by atoms with Gasteiger partial charge in [0.25, 0.3) is 5.91 Å². The number of methoxy groups -OCH3 is 2. The Morgan fingerprint density at radius 2 is 2.11 bits per heavy atom. The molecule has 104 valence electrons. The zero-order valence-corrected chi connectivity index (χ0v) is 11.9. The Morgan fingerprint density at radius 1 is 1.37 bits per heavy atom. The second-order valence-electron chi connectivity index (χ2n) is 3.89. The molecule has 0 atom stereocenters. The lowest BCUT2D eigenvalue weighted by atomic mass is 10.1. The van der Waals surface area contributed by atoms with Crippen LogP contribution in [-0.2, 0) is 0 Å². The maximum atomic E-state index is 12.0. The minimum Gasteiger partial charge on any atom is -0.497 e. The smallest absolute Gasteiger partial charge is 0.255 e. The molecule has 0 aliphatic heterocycles. The predicted octanol–water partition coefficient (Wildman–Crippen LogP) is 1.50. The average Bonchev–Trinajstić information content (AvgIpc) is 2.42. The Hall–Kier alpha value is -1.82. The molecule has 0 bridgehead atoms. The number of hydrogen-bond acceptors (Lipinski definition) is 4. The van der Waals surface area contributed by atoms with Crippen molar-refractivity contribution in [2.24, 2.45) is 5.73 Å². The Labute approximate surface area is 118 Å². The number of rotatable bonds is 7. The number of thiocarbonyl (C=S) groups is 1. The summed E-state index contributed by atoms with van der Waals surface area (Å²) < 4.78 is 10.2. The van der Waals surface area contributed by atoms with Crippen molar-refractivity contribution >= 4 is 23.1 Å². The third kappa shape index (κ3) is 4.75. The van der Waals surface area contributed by atoms with Gasteiger partial charge in [-0.05, 0) is 31.0 Å². The number of hydrogen-bond donors (Lipinski definition) is 2. The molecule has 0 aromatic heterocycles. The number of carbonyl (C=O) groups is 1. The summed E-state index contributed by atoms with van der Waals surface area (Å²) in [6, 6.07) is 5.08. The number of carbonyl (C=O) groups excluding carboxylic acids is 1. The van der Waals surface area contributed by atoms with Crippen molar-refractivity contribution in [2.75, 3.05) is 20.8 Å². The highest BCUT2D eigenvalue weighted by atomic mass is 32.1. The molecule has 1 aromatic carbocycles. The molecule has 1 amide bonds. The first kappa shape index (κ1) is 15.2. The summed E-state index contributed by atoms with van der Waals surface area (Å²) in [4.78, 5) is 12.5. The van der Waals surface area contributed by atoms with Gasteiger partial charge in [0.15, 0.2) is 0 Å². The topological polar surface area (TPSA) is 73.6 Å². The van der Waals surface area contributed by atoms with Crippen LogP contribution < -0.4 is 20.5 Å². The van der Waals surface area contributed by atoms with E-state index in [0.29, 0.717) is 41.4 Å². The van der Waals surface area contributed by atoms with Gasteiger partial charge >= 0.3 is 0 Å². The van der Waals surface area contributed by atoms with E-state index < -0.39 is 0 Å². The molecule has 0 radical (unpaired) electrons. The molecular weight excluding hydrogens is 264 g/mol. The van der Waals surface area contributed by atoms with Crippen LogP contribution in [-0.4, -0.2) is 31.7 Å². The van der Waals surface area contributed by atoms with Crippen molar-refractivity contribution < 1.29 is 14.3 Å². The summed E-state index contributed by atoms with van der Waals surface area (Å²) in [6.45, 7) is 0.510. The summed E-state index contributed by atoms with van der Waals surface area (Å²) in [7, 11) is 3.07. The van der Waals surface area contributed by atoms with Gasteiger partial charge < -0.3 is 20.5 Å². The van der Waals surface area contributed by atoms with E-state index in [2.05, 4.69) is 5.32 Å². The minimum atomic E-state index is -0.210. The molecule has 0 saturated heterocycles. The fourth-order valence-corrected chi connectivity index (χ4v) is 1.70. The Balaban J connectivity index is 2.66. The number of nitrogens with one attached hydrogen (secondary N) is 1. The lowest BCUT2D eigenvalue weighted by Gasteiger charge is -2.10. The van der Waals surface area contributed by atoms with E-state index >= 15 is 0 Å². The van der Waals surface area contributed by atoms with Crippen molar-refractivity contribution in [2.45, 2.75) is 12.8 Å². The molecule has 0 aliphatic rings. The standard InChI is InChI=1S/C13H18N2O3S/c1-17-9-5-6-11(18-2)10(8-9)13(16)15-7-3-4-12(14)19/h5-6,8H,3-4,7H2,1-2H3,(H2,14,19)(H,15,16). The summed E-state index contributed by atoms with van der Waals surface area (Å²) in [5.74, 6) is 0.903. The maximum Gasteiger partial charge on any atom is 0.255 e. The number of ether oxygens (including phenoxy) is 2. The molecule has 5 nitrogen and oxygen atoms in total. The van der Waals surface area contributed by atoms with Crippen molar-refractivity contribution in [3.05, 3.63) is 23.8 Å². The SMILES string of the molecule is COc1ccc(OC)c(C(=O)NCCCC(N)=S)c1. The van der Waals surface area contributed by atoms with Crippen LogP contribution in [0, 0.1) is 0 Å². The van der Waals surface area contributed by atoms with Gasteiger partial charge in [-0.15, -0.1) is 0 Å². The van der Waals surface area contributed by atoms with Gasteiger partial charge in [-0.1, -0.05) is 12.2 Å². The van der Waals surface area contributed by atoms with E-state index in [0.717, 1.165) is 0 Å². The number of nitrogens with two attached hydrogens (primary N) is 1. The molecule has 1 rings (SSSR count). The minimum absolute atomic E-state index is 0.210. The highest BCUT2D eigenvalue weighted by Gasteiger charge is 2.12. The van der Waals surface area contributed by atoms with Crippen LogP contribution in [0.5, 0.6) is 11.5 Å². The summed E-state index contributed by atoms with van der Waals surface area (Å²) in [5, 5.41) is 2.79. The third-order valence-corrected chi connectivity index (χ3v) is 2.74. The first-order valence-electron chi connectivity index (χ1n) is 5.87. The second kappa shape index (κ2) is 7.58. The van der Waals surface area contributed by atoms with Crippen molar-refractivity contribution in [1.29, 1.82) is 0 Å². The molecule has 3 N–H and O–H groups in total. The summed E-state index contributed by atoms with van der Waals surface area (Å²) in [6.07, 6.45) is 1.33. The molecule has 1 aromatic rings. The second-order valence-corrected chi connectivity index (χ2v) is 4.42. The zero-order chi connectivity index (χ0) is 14.3. The third-order valence-electron chi connectivity index (χ3n) is 2.54. The molecule has 0 heterocycles. The maximum absolute atomic E-state index is 12.0. The van der Waals surface area contributed by atoms with Crippen LogP contribution in [0.25, 0.3) is 0 Å². The van der Waals surface area contributed by atoms with Crippen LogP contribution in [0.3, 0.4) is 0 Å². The van der Waals surface area contributed by atoms with Crippen LogP contribution in [0.4, 0.5) is 0 Å². The lowest BCUT2D eigenvalue weighted by Crippen LogP contribution is -2.25. The predicted molar refractivity (Wildman–Crippen MR) is 77.9 cm³/mol. The van der Waals surface area contributed by atoms with Crippen molar-refractivity contribution in [1.82, 2.24) is 5.32 Å². The first-order valence-corrected chi connectivity index (χ1v) is 6.28. The van der Waals surface area contributed by atoms with E-state index in [1.54, 1.807) is 25.3 Å². The van der Waals surface area contributed by atoms with Crippen molar-refractivity contribution in [3.8, 4) is 11.5 Å². The normalized spacial score (nSPS) is 9.79. The van der Waals surface area contributed by atoms with Crippen LogP contribution in [0.2, 0.25) is 0 Å². The highest BCUT2D eigenvalue weighted by molar-refractivity contribution is 7.80. The Morgan fingerprint density at radius 3 is 2.68 bits per heavy atom. The van der Waals surface area contributed by atoms with E-state index in [-0.39, 0.29) is 5.91 Å². The van der Waals surface area contributed by atoms with E-state index in [9.17, 15) is 4.79 Å². The van der Waals surface area contributed by atoms with Gasteiger partial charge in [0.1, 0.15) is 11.5 Å². The lowest BCUT2D eigenvalue weighted by molar-refractivity contribution is 0.0950. The molecule has 0 aliphatic carbocycles. The van der Waals surface area contributed by atoms with Crippen molar-refractivity contribution in [3.63, 3.8) is 0 Å². The molecule has 0 saturated carbocycles. The van der Waals surface area contributed by atoms with Gasteiger partial charge in [0.2, 0.25) is 0 Å². The Bertz CT molecular complexity index is 463. The molecule has 0 fully saturated rings. The first-order chi connectivity index (χ1) is 9.08. The quantitative estimate of drug-likeness (QED) is 0.585. The monoisotopic (exact) mass is 282 g/mol. The molecule has 19 heavy (non-hydrogen) atoms. The van der Waals surface area contributed by atoms with Gasteiger partial charge in [0.05, 0.1) is 24.8 Å². The summed E-state index contributed by atoms with van der Waals surface area (Å²) >= 11 is 4.77. The van der Waals surface area contributed by atoms with Gasteiger partial charge in [0, 0.05) is 6.54 Å². The number of amides is 1. The van der Waals surface area contributed by atoms with Gasteiger partial charge in [-0.3, -0.25) is 4.79 Å². The fraction of sp³-hybridized carbons (Fsp3) is 0.385. The van der Waals surface area contributed by atoms with Gasteiger partial charge in [-0.2, -0.15) is 0 Å². The zero-order valence-electron chi connectivity index (χ0n) is 11.1. The average molecular weight is 282 g/mol. The fourth-order valence-electron chi connectivity index (χ4n) is 1.55. The van der Waals surface area contributed by atoms with Crippen LogP contribution in [0.15, 0.2) is 18.2 Å². The van der Waals surface area contributed by atoms with E-state index in [1.165, 1.54) is 7.11 Å². The van der Waals surface area contributed by atoms with Crippen LogP contribution >= 0.6 is 12.2 Å². The van der Waals surface area contributed by atoms with Gasteiger partial charge in [-0.25, -0.2) is 0 Å². The molecule has 0 unspecified atom stereocenters. The van der Waals surface area contributed by atoms with Crippen LogP contribution in [0.1, 0.15) is 23.2 Å². The molecular formula is C13H18N2O3S. The Kier molecular flexibility index (Phi) is 6.08. The van der Waals surface area contributed by atoms with E-state index in [4.69, 9.17) is 27.4 Å².